The number of aromatic amines is 1. The molecule has 0 saturated carbocycles. The standard InChI is InChI=1S/C32H35ClN6O2S/c1-32(2,3)19-39-26-12-11-22(33)17-25(26)29(24-10-6-8-20-7-4-5-9-23(20)24)42-27(31(39)41)18-28(40)38-15-13-21(14-16-38)30-34-36-37-35-30/h4-12,17,21,27,29H,13-16,18-19H2,1-3H3,(H,34,35,36,37). The Kier molecular flexibility index (Phi) is 7.98. The Morgan fingerprint density at radius 3 is 2.55 bits per heavy atom. The van der Waals surface area contributed by atoms with Crippen molar-refractivity contribution in [3.8, 4) is 0 Å². The number of nitrogens with zero attached hydrogens (tertiary/aromatic N) is 5. The first-order valence-corrected chi connectivity index (χ1v) is 15.8. The van der Waals surface area contributed by atoms with E-state index in [0.29, 0.717) is 24.7 Å². The molecule has 8 nitrogen and oxygen atoms in total. The van der Waals surface area contributed by atoms with Gasteiger partial charge >= 0.3 is 0 Å². The van der Waals surface area contributed by atoms with Crippen LogP contribution in [-0.2, 0) is 9.59 Å². The predicted octanol–water partition coefficient (Wildman–Crippen LogP) is 6.39. The summed E-state index contributed by atoms with van der Waals surface area (Å²) in [6, 6.07) is 20.4. The molecule has 2 unspecified atom stereocenters. The summed E-state index contributed by atoms with van der Waals surface area (Å²) in [5.41, 5.74) is 2.83. The molecule has 0 bridgehead atoms. The molecule has 1 fully saturated rings. The maximum absolute atomic E-state index is 14.4. The molecule has 0 aliphatic carbocycles. The number of hydrogen-bond donors (Lipinski definition) is 1. The second-order valence-corrected chi connectivity index (χ2v) is 14.2. The van der Waals surface area contributed by atoms with Crippen LogP contribution in [0, 0.1) is 5.41 Å². The summed E-state index contributed by atoms with van der Waals surface area (Å²) in [5, 5.41) is 16.5. The number of carbonyl (C=O) groups is 2. The van der Waals surface area contributed by atoms with Gasteiger partial charge in [0.1, 0.15) is 0 Å². The van der Waals surface area contributed by atoms with E-state index >= 15 is 0 Å². The highest BCUT2D eigenvalue weighted by atomic mass is 35.5. The number of anilines is 1. The number of fused-ring (bicyclic) bond motifs is 2. The van der Waals surface area contributed by atoms with E-state index in [1.807, 2.05) is 40.1 Å². The number of H-pyrrole nitrogens is 1. The SMILES string of the molecule is CC(C)(C)CN1C(=O)C(CC(=O)N2CCC(c3nnn[nH]3)CC2)SC(c2cccc3ccccc23)c2cc(Cl)ccc21. The molecule has 0 spiro atoms. The minimum absolute atomic E-state index is 0.00589. The summed E-state index contributed by atoms with van der Waals surface area (Å²) >= 11 is 8.17. The predicted molar refractivity (Wildman–Crippen MR) is 168 cm³/mol. The highest BCUT2D eigenvalue weighted by Gasteiger charge is 2.40. The first-order chi connectivity index (χ1) is 20.2. The molecule has 1 saturated heterocycles. The summed E-state index contributed by atoms with van der Waals surface area (Å²) in [6.45, 7) is 8.15. The normalized spacial score (nSPS) is 20.0. The van der Waals surface area contributed by atoms with Crippen molar-refractivity contribution < 1.29 is 9.59 Å². The van der Waals surface area contributed by atoms with Crippen LogP contribution in [0.5, 0.6) is 0 Å². The van der Waals surface area contributed by atoms with Crippen molar-refractivity contribution in [1.82, 2.24) is 25.5 Å². The number of aromatic nitrogens is 4. The Labute approximate surface area is 255 Å². The molecule has 2 amide bonds. The Bertz CT molecular complexity index is 1590. The van der Waals surface area contributed by atoms with Crippen LogP contribution in [0.15, 0.2) is 60.7 Å². The summed E-state index contributed by atoms with van der Waals surface area (Å²) in [7, 11) is 0. The monoisotopic (exact) mass is 602 g/mol. The number of rotatable bonds is 5. The first kappa shape index (κ1) is 28.7. The molecule has 10 heteroatoms. The Morgan fingerprint density at radius 2 is 1.81 bits per heavy atom. The van der Waals surface area contributed by atoms with Crippen LogP contribution in [0.25, 0.3) is 10.8 Å². The number of tetrazole rings is 1. The van der Waals surface area contributed by atoms with Gasteiger partial charge in [-0.2, -0.15) is 0 Å². The average Bonchev–Trinajstić information content (AvgIpc) is 3.49. The van der Waals surface area contributed by atoms with Gasteiger partial charge < -0.3 is 9.80 Å². The summed E-state index contributed by atoms with van der Waals surface area (Å²) in [5.74, 6) is 0.947. The molecule has 1 N–H and O–H groups in total. The number of halogens is 1. The molecule has 4 aromatic rings. The minimum atomic E-state index is -0.550. The molecule has 6 rings (SSSR count). The number of benzene rings is 3. The van der Waals surface area contributed by atoms with E-state index in [9.17, 15) is 9.59 Å². The van der Waals surface area contributed by atoms with Gasteiger partial charge in [0.15, 0.2) is 5.82 Å². The number of likely N-dealkylation sites (tertiary alicyclic amines) is 1. The zero-order valence-electron chi connectivity index (χ0n) is 24.1. The van der Waals surface area contributed by atoms with E-state index in [-0.39, 0.29) is 34.8 Å². The highest BCUT2D eigenvalue weighted by Crippen LogP contribution is 2.49. The average molecular weight is 603 g/mol. The summed E-state index contributed by atoms with van der Waals surface area (Å²) in [6.07, 6.45) is 1.71. The lowest BCUT2D eigenvalue weighted by molar-refractivity contribution is -0.133. The summed E-state index contributed by atoms with van der Waals surface area (Å²) < 4.78 is 0. The van der Waals surface area contributed by atoms with Crippen LogP contribution < -0.4 is 4.90 Å². The minimum Gasteiger partial charge on any atom is -0.343 e. The number of thioether (sulfide) groups is 1. The lowest BCUT2D eigenvalue weighted by Crippen LogP contribution is -2.45. The zero-order chi connectivity index (χ0) is 29.4. The number of nitrogens with one attached hydrogen (secondary N) is 1. The zero-order valence-corrected chi connectivity index (χ0v) is 25.7. The van der Waals surface area contributed by atoms with Crippen LogP contribution >= 0.6 is 23.4 Å². The molecule has 3 heterocycles. The smallest absolute Gasteiger partial charge is 0.240 e. The molecule has 1 aromatic heterocycles. The summed E-state index contributed by atoms with van der Waals surface area (Å²) in [4.78, 5) is 32.0. The van der Waals surface area contributed by atoms with Gasteiger partial charge in [0.05, 0.1) is 10.5 Å². The van der Waals surface area contributed by atoms with Crippen molar-refractivity contribution in [1.29, 1.82) is 0 Å². The van der Waals surface area contributed by atoms with Crippen LogP contribution in [0.2, 0.25) is 5.02 Å². The van der Waals surface area contributed by atoms with Gasteiger partial charge in [-0.1, -0.05) is 74.8 Å². The first-order valence-electron chi connectivity index (χ1n) is 14.4. The maximum Gasteiger partial charge on any atom is 0.240 e. The number of carbonyl (C=O) groups excluding carboxylic acids is 2. The maximum atomic E-state index is 14.4. The van der Waals surface area contributed by atoms with Crippen LogP contribution in [-0.4, -0.2) is 62.2 Å². The fraction of sp³-hybridized carbons (Fsp3) is 0.406. The third kappa shape index (κ3) is 5.90. The van der Waals surface area contributed by atoms with E-state index < -0.39 is 5.25 Å². The van der Waals surface area contributed by atoms with Gasteiger partial charge in [-0.05, 0) is 68.8 Å². The topological polar surface area (TPSA) is 95.1 Å². The molecular weight excluding hydrogens is 568 g/mol. The molecule has 2 atom stereocenters. The van der Waals surface area contributed by atoms with Crippen LogP contribution in [0.1, 0.15) is 68.2 Å². The Morgan fingerprint density at radius 1 is 1.05 bits per heavy atom. The van der Waals surface area contributed by atoms with E-state index in [1.54, 1.807) is 11.8 Å². The quantitative estimate of drug-likeness (QED) is 0.285. The van der Waals surface area contributed by atoms with Gasteiger partial charge in [0.2, 0.25) is 11.8 Å². The molecule has 218 valence electrons. The van der Waals surface area contributed by atoms with Crippen molar-refractivity contribution in [3.63, 3.8) is 0 Å². The van der Waals surface area contributed by atoms with Gasteiger partial charge in [0.25, 0.3) is 0 Å². The van der Waals surface area contributed by atoms with Crippen LogP contribution in [0.3, 0.4) is 0 Å². The second kappa shape index (κ2) is 11.7. The Balaban J connectivity index is 1.35. The molecule has 42 heavy (non-hydrogen) atoms. The van der Waals surface area contributed by atoms with E-state index in [0.717, 1.165) is 46.3 Å². The molecule has 3 aromatic carbocycles. The molecule has 2 aliphatic rings. The van der Waals surface area contributed by atoms with Crippen molar-refractivity contribution in [2.75, 3.05) is 24.5 Å². The van der Waals surface area contributed by atoms with Crippen molar-refractivity contribution >= 4 is 51.6 Å². The third-order valence-electron chi connectivity index (χ3n) is 8.10. The van der Waals surface area contributed by atoms with E-state index in [2.05, 4.69) is 71.7 Å². The Hall–Kier alpha value is -3.43. The molecular formula is C32H35ClN6O2S. The lowest BCUT2D eigenvalue weighted by atomic mass is 9.93. The second-order valence-electron chi connectivity index (χ2n) is 12.4. The lowest BCUT2D eigenvalue weighted by Gasteiger charge is -2.33. The van der Waals surface area contributed by atoms with Gasteiger partial charge in [0, 0.05) is 42.7 Å². The number of piperidine rings is 1. The highest BCUT2D eigenvalue weighted by molar-refractivity contribution is 8.01. The van der Waals surface area contributed by atoms with Crippen molar-refractivity contribution in [3.05, 3.63) is 82.6 Å². The van der Waals surface area contributed by atoms with E-state index in [1.165, 1.54) is 0 Å². The number of hydrogen-bond acceptors (Lipinski definition) is 6. The van der Waals surface area contributed by atoms with Gasteiger partial charge in [-0.25, -0.2) is 5.10 Å². The molecule has 2 aliphatic heterocycles. The fourth-order valence-corrected chi connectivity index (χ4v) is 7.77. The largest absolute Gasteiger partial charge is 0.343 e. The van der Waals surface area contributed by atoms with Gasteiger partial charge in [-0.3, -0.25) is 9.59 Å². The molecule has 0 radical (unpaired) electrons. The fourth-order valence-electron chi connectivity index (χ4n) is 6.09. The van der Waals surface area contributed by atoms with Crippen molar-refractivity contribution in [2.45, 2.75) is 56.5 Å². The van der Waals surface area contributed by atoms with Crippen molar-refractivity contribution in [2.24, 2.45) is 5.41 Å². The van der Waals surface area contributed by atoms with Crippen LogP contribution in [0.4, 0.5) is 5.69 Å². The number of amides is 2. The van der Waals surface area contributed by atoms with E-state index in [4.69, 9.17) is 11.6 Å². The van der Waals surface area contributed by atoms with Gasteiger partial charge in [-0.15, -0.1) is 16.9 Å². The third-order valence-corrected chi connectivity index (χ3v) is 9.81.